The zero-order valence-electron chi connectivity index (χ0n) is 9.80. The van der Waals surface area contributed by atoms with Gasteiger partial charge in [0.25, 0.3) is 0 Å². The summed E-state index contributed by atoms with van der Waals surface area (Å²) < 4.78 is 5.50. The molecule has 90 valence electrons. The molecular weight excluding hydrogens is 259 g/mol. The quantitative estimate of drug-likeness (QED) is 0.685. The van der Waals surface area contributed by atoms with E-state index < -0.39 is 5.41 Å². The molecule has 0 saturated carbocycles. The van der Waals surface area contributed by atoms with Crippen LogP contribution in [0.2, 0.25) is 10.0 Å². The van der Waals surface area contributed by atoms with E-state index in [1.54, 1.807) is 18.2 Å². The summed E-state index contributed by atoms with van der Waals surface area (Å²) in [6.45, 7) is 5.53. The van der Waals surface area contributed by atoms with E-state index in [4.69, 9.17) is 27.6 Å². The second-order valence-electron chi connectivity index (χ2n) is 5.00. The summed E-state index contributed by atoms with van der Waals surface area (Å²) in [6, 6.07) is 5.01. The van der Waals surface area contributed by atoms with Crippen molar-refractivity contribution in [3.8, 4) is 0 Å². The molecule has 2 nitrogen and oxygen atoms in total. The number of rotatable bonds is 1. The van der Waals surface area contributed by atoms with Gasteiger partial charge in [0.15, 0.2) is 11.3 Å². The molecule has 1 aromatic heterocycles. The smallest absolute Gasteiger partial charge is 0.203 e. The summed E-state index contributed by atoms with van der Waals surface area (Å²) in [6.07, 6.45) is 0. The predicted molar refractivity (Wildman–Crippen MR) is 70.0 cm³/mol. The summed E-state index contributed by atoms with van der Waals surface area (Å²) in [4.78, 5) is 12.1. The summed E-state index contributed by atoms with van der Waals surface area (Å²) in [5.41, 5.74) is 0.0214. The minimum absolute atomic E-state index is 0.0547. The van der Waals surface area contributed by atoms with E-state index in [1.807, 2.05) is 20.8 Å². The lowest BCUT2D eigenvalue weighted by molar-refractivity contribution is 0.0831. The molecule has 0 saturated heterocycles. The van der Waals surface area contributed by atoms with Crippen LogP contribution in [0, 0.1) is 5.41 Å². The van der Waals surface area contributed by atoms with Gasteiger partial charge in [-0.2, -0.15) is 0 Å². The van der Waals surface area contributed by atoms with Gasteiger partial charge in [0.05, 0.1) is 5.02 Å². The van der Waals surface area contributed by atoms with Crippen molar-refractivity contribution in [3.05, 3.63) is 34.0 Å². The van der Waals surface area contributed by atoms with E-state index in [0.29, 0.717) is 21.4 Å². The number of Topliss-reactive ketones (excluding diaryl/α,β-unsaturated/α-hetero) is 1. The number of fused-ring (bicyclic) bond motifs is 1. The van der Waals surface area contributed by atoms with E-state index in [0.717, 1.165) is 5.39 Å². The molecular formula is C13H12Cl2O2. The SMILES string of the molecule is CC(C)(C)C(=O)c1cc2cc(Cl)cc(Cl)c2o1. The van der Waals surface area contributed by atoms with Crippen molar-refractivity contribution in [1.29, 1.82) is 0 Å². The third kappa shape index (κ3) is 2.33. The van der Waals surface area contributed by atoms with Crippen LogP contribution in [0.1, 0.15) is 31.3 Å². The van der Waals surface area contributed by atoms with Crippen LogP contribution >= 0.6 is 23.2 Å². The lowest BCUT2D eigenvalue weighted by Crippen LogP contribution is -2.19. The standard InChI is InChI=1S/C13H12Cl2O2/c1-13(2,3)12(16)10-5-7-4-8(14)6-9(15)11(7)17-10/h4-6H,1-3H3. The third-order valence-electron chi connectivity index (χ3n) is 2.44. The second-order valence-corrected chi connectivity index (χ2v) is 5.84. The maximum absolute atomic E-state index is 12.1. The van der Waals surface area contributed by atoms with E-state index in [-0.39, 0.29) is 5.78 Å². The summed E-state index contributed by atoms with van der Waals surface area (Å²) in [5, 5.41) is 1.69. The van der Waals surface area contributed by atoms with Crippen LogP contribution < -0.4 is 0 Å². The average molecular weight is 271 g/mol. The van der Waals surface area contributed by atoms with Crippen LogP contribution in [0.4, 0.5) is 0 Å². The van der Waals surface area contributed by atoms with Crippen molar-refractivity contribution in [3.63, 3.8) is 0 Å². The maximum atomic E-state index is 12.1. The molecule has 2 aromatic rings. The van der Waals surface area contributed by atoms with Crippen LogP contribution in [0.3, 0.4) is 0 Å². The van der Waals surface area contributed by atoms with Crippen LogP contribution in [-0.4, -0.2) is 5.78 Å². The predicted octanol–water partition coefficient (Wildman–Crippen LogP) is 4.97. The van der Waals surface area contributed by atoms with Crippen molar-refractivity contribution in [2.24, 2.45) is 5.41 Å². The average Bonchev–Trinajstić information content (AvgIpc) is 2.58. The first-order valence-corrected chi connectivity index (χ1v) is 5.98. The highest BCUT2D eigenvalue weighted by Gasteiger charge is 2.26. The summed E-state index contributed by atoms with van der Waals surface area (Å²) >= 11 is 11.9. The molecule has 0 aliphatic heterocycles. The largest absolute Gasteiger partial charge is 0.451 e. The first kappa shape index (κ1) is 12.5. The number of carbonyl (C=O) groups excluding carboxylic acids is 1. The Kier molecular flexibility index (Phi) is 2.96. The molecule has 0 atom stereocenters. The van der Waals surface area contributed by atoms with Crippen molar-refractivity contribution >= 4 is 40.0 Å². The Balaban J connectivity index is 2.60. The number of benzene rings is 1. The number of hydrogen-bond acceptors (Lipinski definition) is 2. The van der Waals surface area contributed by atoms with E-state index in [2.05, 4.69) is 0 Å². The number of furan rings is 1. The Hall–Kier alpha value is -0.990. The first-order valence-electron chi connectivity index (χ1n) is 5.22. The number of carbonyl (C=O) groups is 1. The van der Waals surface area contributed by atoms with Crippen molar-refractivity contribution in [2.45, 2.75) is 20.8 Å². The highest BCUT2D eigenvalue weighted by Crippen LogP contribution is 2.32. The fourth-order valence-corrected chi connectivity index (χ4v) is 2.11. The second kappa shape index (κ2) is 4.04. The highest BCUT2D eigenvalue weighted by molar-refractivity contribution is 6.38. The van der Waals surface area contributed by atoms with Gasteiger partial charge in [-0.3, -0.25) is 4.79 Å². The Bertz CT molecular complexity index is 591. The van der Waals surface area contributed by atoms with Crippen LogP contribution in [-0.2, 0) is 0 Å². The van der Waals surface area contributed by atoms with Crippen molar-refractivity contribution in [1.82, 2.24) is 0 Å². The Morgan fingerprint density at radius 3 is 2.41 bits per heavy atom. The Morgan fingerprint density at radius 2 is 1.82 bits per heavy atom. The molecule has 0 unspecified atom stereocenters. The van der Waals surface area contributed by atoms with E-state index in [9.17, 15) is 4.79 Å². The monoisotopic (exact) mass is 270 g/mol. The van der Waals surface area contributed by atoms with Gasteiger partial charge in [0.2, 0.25) is 5.78 Å². The molecule has 0 aliphatic rings. The normalized spacial score (nSPS) is 12.1. The molecule has 0 fully saturated rings. The fraction of sp³-hybridized carbons (Fsp3) is 0.308. The van der Waals surface area contributed by atoms with Gasteiger partial charge in [-0.1, -0.05) is 44.0 Å². The van der Waals surface area contributed by atoms with Crippen molar-refractivity contribution in [2.75, 3.05) is 0 Å². The maximum Gasteiger partial charge on any atom is 0.203 e. The molecule has 0 aliphatic carbocycles. The van der Waals surface area contributed by atoms with E-state index in [1.165, 1.54) is 0 Å². The van der Waals surface area contributed by atoms with Gasteiger partial charge in [0, 0.05) is 15.8 Å². The van der Waals surface area contributed by atoms with Gasteiger partial charge in [0.1, 0.15) is 0 Å². The zero-order chi connectivity index (χ0) is 12.8. The van der Waals surface area contributed by atoms with Crippen LogP contribution in [0.25, 0.3) is 11.0 Å². The molecule has 0 spiro atoms. The topological polar surface area (TPSA) is 30.2 Å². The fourth-order valence-electron chi connectivity index (χ4n) is 1.56. The zero-order valence-corrected chi connectivity index (χ0v) is 11.3. The van der Waals surface area contributed by atoms with Crippen molar-refractivity contribution < 1.29 is 9.21 Å². The summed E-state index contributed by atoms with van der Waals surface area (Å²) in [7, 11) is 0. The Morgan fingerprint density at radius 1 is 1.18 bits per heavy atom. The van der Waals surface area contributed by atoms with Gasteiger partial charge in [-0.25, -0.2) is 0 Å². The lowest BCUT2D eigenvalue weighted by atomic mass is 9.89. The molecule has 0 amide bonds. The molecule has 4 heteroatoms. The molecule has 1 aromatic carbocycles. The molecule has 0 radical (unpaired) electrons. The lowest BCUT2D eigenvalue weighted by Gasteiger charge is -2.13. The molecule has 2 rings (SSSR count). The van der Waals surface area contributed by atoms with Gasteiger partial charge < -0.3 is 4.42 Å². The minimum Gasteiger partial charge on any atom is -0.451 e. The summed E-state index contributed by atoms with van der Waals surface area (Å²) in [5.74, 6) is 0.262. The minimum atomic E-state index is -0.482. The van der Waals surface area contributed by atoms with Gasteiger partial charge in [-0.15, -0.1) is 0 Å². The number of ketones is 1. The molecule has 0 bridgehead atoms. The number of hydrogen-bond donors (Lipinski definition) is 0. The van der Waals surface area contributed by atoms with Gasteiger partial charge >= 0.3 is 0 Å². The van der Waals surface area contributed by atoms with Crippen LogP contribution in [0.15, 0.2) is 22.6 Å². The molecule has 17 heavy (non-hydrogen) atoms. The van der Waals surface area contributed by atoms with E-state index >= 15 is 0 Å². The van der Waals surface area contributed by atoms with Gasteiger partial charge in [-0.05, 0) is 18.2 Å². The van der Waals surface area contributed by atoms with Crippen LogP contribution in [0.5, 0.6) is 0 Å². The first-order chi connectivity index (χ1) is 7.79. The number of halogens is 2. The highest BCUT2D eigenvalue weighted by atomic mass is 35.5. The molecule has 0 N–H and O–H groups in total. The molecule has 1 heterocycles. The third-order valence-corrected chi connectivity index (χ3v) is 2.94. The Labute approximate surface area is 110 Å².